The van der Waals surface area contributed by atoms with Crippen LogP contribution in [-0.4, -0.2) is 41.1 Å². The van der Waals surface area contributed by atoms with E-state index in [0.717, 1.165) is 0 Å². The first kappa shape index (κ1) is 14.6. The molecule has 1 aliphatic rings. The fraction of sp³-hybridized carbons (Fsp3) is 0.462. The lowest BCUT2D eigenvalue weighted by atomic mass is 10.1. The Balaban J connectivity index is 2.34. The Morgan fingerprint density at radius 3 is 2.35 bits per heavy atom. The molecule has 1 amide bonds. The van der Waals surface area contributed by atoms with Gasteiger partial charge < -0.3 is 15.3 Å². The van der Waals surface area contributed by atoms with Crippen LogP contribution in [0.15, 0.2) is 6.07 Å². The summed E-state index contributed by atoms with van der Waals surface area (Å²) in [4.78, 5) is 13.5. The molecule has 4 nitrogen and oxygen atoms in total. The molecule has 0 aromatic heterocycles. The van der Waals surface area contributed by atoms with E-state index >= 15 is 0 Å². The zero-order valence-corrected chi connectivity index (χ0v) is 11.1. The van der Waals surface area contributed by atoms with Gasteiger partial charge in [-0.25, -0.2) is 8.78 Å². The molecule has 0 saturated carbocycles. The number of rotatable bonds is 1. The maximum Gasteiger partial charge on any atom is 0.257 e. The molecular formula is C13H15F3N2O2. The number of halogens is 3. The van der Waals surface area contributed by atoms with Crippen molar-refractivity contribution in [1.82, 2.24) is 10.2 Å². The summed E-state index contributed by atoms with van der Waals surface area (Å²) in [5.74, 6) is -6.82. The maximum atomic E-state index is 13.7. The average molecular weight is 288 g/mol. The number of piperazine rings is 1. The van der Waals surface area contributed by atoms with Crippen LogP contribution in [0.3, 0.4) is 0 Å². The molecule has 7 heteroatoms. The first-order valence-corrected chi connectivity index (χ1v) is 6.23. The first-order chi connectivity index (χ1) is 9.31. The number of benzene rings is 1. The third kappa shape index (κ3) is 2.58. The van der Waals surface area contributed by atoms with Crippen molar-refractivity contribution >= 4 is 5.91 Å². The van der Waals surface area contributed by atoms with E-state index < -0.39 is 34.7 Å². The van der Waals surface area contributed by atoms with Crippen LogP contribution in [-0.2, 0) is 0 Å². The van der Waals surface area contributed by atoms with Crippen molar-refractivity contribution in [2.75, 3.05) is 13.1 Å². The summed E-state index contributed by atoms with van der Waals surface area (Å²) < 4.78 is 39.9. The Bertz CT molecular complexity index is 541. The summed E-state index contributed by atoms with van der Waals surface area (Å²) in [5, 5.41) is 12.3. The number of nitrogens with one attached hydrogen (secondary N) is 1. The topological polar surface area (TPSA) is 52.6 Å². The van der Waals surface area contributed by atoms with Crippen molar-refractivity contribution in [3.05, 3.63) is 29.1 Å². The predicted octanol–water partition coefficient (Wildman–Crippen LogP) is 1.63. The molecule has 1 aliphatic heterocycles. The number of aromatic hydroxyl groups is 1. The Labute approximate surface area is 114 Å². The molecule has 2 N–H and O–H groups in total. The number of carbonyl (C=O) groups is 1. The van der Waals surface area contributed by atoms with Crippen molar-refractivity contribution < 1.29 is 23.1 Å². The van der Waals surface area contributed by atoms with Gasteiger partial charge in [0.05, 0.1) is 5.56 Å². The van der Waals surface area contributed by atoms with Gasteiger partial charge in [-0.2, -0.15) is 4.39 Å². The van der Waals surface area contributed by atoms with Crippen LogP contribution in [0.2, 0.25) is 0 Å². The van der Waals surface area contributed by atoms with Gasteiger partial charge in [-0.05, 0) is 19.9 Å². The Kier molecular flexibility index (Phi) is 3.89. The van der Waals surface area contributed by atoms with E-state index in [9.17, 15) is 18.0 Å². The van der Waals surface area contributed by atoms with Crippen molar-refractivity contribution in [3.8, 4) is 5.75 Å². The molecule has 1 aromatic rings. The standard InChI is InChI=1S/C13H15F3N2O2/c1-6-4-18(5-7(2)17-6)13(20)8-3-9(14)11(16)12(19)10(8)15/h3,6-7,17,19H,4-5H2,1-2H3. The number of phenolic OH excluding ortho intramolecular Hbond substituents is 1. The lowest BCUT2D eigenvalue weighted by Crippen LogP contribution is -2.55. The van der Waals surface area contributed by atoms with Crippen molar-refractivity contribution in [3.63, 3.8) is 0 Å². The highest BCUT2D eigenvalue weighted by Crippen LogP contribution is 2.27. The molecule has 0 spiro atoms. The summed E-state index contributed by atoms with van der Waals surface area (Å²) in [6, 6.07) is 0.485. The number of nitrogens with zero attached hydrogens (tertiary/aromatic N) is 1. The van der Waals surface area contributed by atoms with Gasteiger partial charge in [0.1, 0.15) is 0 Å². The van der Waals surface area contributed by atoms with Gasteiger partial charge in [-0.3, -0.25) is 4.79 Å². The summed E-state index contributed by atoms with van der Waals surface area (Å²) in [6.07, 6.45) is 0. The van der Waals surface area contributed by atoms with Crippen LogP contribution in [0.1, 0.15) is 24.2 Å². The molecule has 1 saturated heterocycles. The normalized spacial score (nSPS) is 22.9. The summed E-state index contributed by atoms with van der Waals surface area (Å²) in [7, 11) is 0. The van der Waals surface area contributed by atoms with Gasteiger partial charge >= 0.3 is 0 Å². The van der Waals surface area contributed by atoms with E-state index in [0.29, 0.717) is 19.2 Å². The van der Waals surface area contributed by atoms with Crippen molar-refractivity contribution in [1.29, 1.82) is 0 Å². The van der Waals surface area contributed by atoms with E-state index in [1.807, 2.05) is 13.8 Å². The van der Waals surface area contributed by atoms with Gasteiger partial charge in [0.15, 0.2) is 17.4 Å². The van der Waals surface area contributed by atoms with Crippen molar-refractivity contribution in [2.24, 2.45) is 0 Å². The smallest absolute Gasteiger partial charge is 0.257 e. The summed E-state index contributed by atoms with van der Waals surface area (Å²) in [6.45, 7) is 4.36. The fourth-order valence-electron chi connectivity index (χ4n) is 2.41. The van der Waals surface area contributed by atoms with Crippen LogP contribution in [0, 0.1) is 17.5 Å². The van der Waals surface area contributed by atoms with E-state index in [4.69, 9.17) is 5.11 Å². The van der Waals surface area contributed by atoms with E-state index in [1.165, 1.54) is 4.90 Å². The molecule has 1 fully saturated rings. The minimum absolute atomic E-state index is 0.00431. The fourth-order valence-corrected chi connectivity index (χ4v) is 2.41. The monoisotopic (exact) mass is 288 g/mol. The molecule has 2 atom stereocenters. The summed E-state index contributed by atoms with van der Waals surface area (Å²) >= 11 is 0. The number of hydrogen-bond donors (Lipinski definition) is 2. The highest BCUT2D eigenvalue weighted by atomic mass is 19.2. The van der Waals surface area contributed by atoms with Crippen LogP contribution < -0.4 is 5.32 Å². The maximum absolute atomic E-state index is 13.7. The predicted molar refractivity (Wildman–Crippen MR) is 65.9 cm³/mol. The highest BCUT2D eigenvalue weighted by molar-refractivity contribution is 5.95. The molecule has 0 bridgehead atoms. The largest absolute Gasteiger partial charge is 0.503 e. The van der Waals surface area contributed by atoms with E-state index in [1.54, 1.807) is 0 Å². The highest BCUT2D eigenvalue weighted by Gasteiger charge is 2.29. The van der Waals surface area contributed by atoms with Gasteiger partial charge in [0, 0.05) is 25.2 Å². The van der Waals surface area contributed by atoms with Gasteiger partial charge in [-0.1, -0.05) is 0 Å². The molecular weight excluding hydrogens is 273 g/mol. The van der Waals surface area contributed by atoms with Crippen LogP contribution >= 0.6 is 0 Å². The lowest BCUT2D eigenvalue weighted by Gasteiger charge is -2.36. The zero-order chi connectivity index (χ0) is 15.0. The second-order valence-corrected chi connectivity index (χ2v) is 5.06. The van der Waals surface area contributed by atoms with Gasteiger partial charge in [0.2, 0.25) is 5.82 Å². The Hall–Kier alpha value is -1.76. The second-order valence-electron chi connectivity index (χ2n) is 5.06. The second kappa shape index (κ2) is 5.32. The number of phenols is 1. The molecule has 0 aliphatic carbocycles. The van der Waals surface area contributed by atoms with Crippen LogP contribution in [0.5, 0.6) is 5.75 Å². The molecule has 20 heavy (non-hydrogen) atoms. The van der Waals surface area contributed by atoms with Crippen LogP contribution in [0.25, 0.3) is 0 Å². The van der Waals surface area contributed by atoms with Crippen LogP contribution in [0.4, 0.5) is 13.2 Å². The van der Waals surface area contributed by atoms with Crippen molar-refractivity contribution in [2.45, 2.75) is 25.9 Å². The minimum atomic E-state index is -1.69. The zero-order valence-electron chi connectivity index (χ0n) is 11.1. The molecule has 1 aromatic carbocycles. The number of amides is 1. The SMILES string of the molecule is CC1CN(C(=O)c2cc(F)c(F)c(O)c2F)CC(C)N1. The van der Waals surface area contributed by atoms with E-state index in [2.05, 4.69) is 5.32 Å². The third-order valence-corrected chi connectivity index (χ3v) is 3.21. The number of carbonyl (C=O) groups excluding carboxylic acids is 1. The molecule has 2 unspecified atom stereocenters. The quantitative estimate of drug-likeness (QED) is 0.772. The average Bonchev–Trinajstić information content (AvgIpc) is 2.38. The minimum Gasteiger partial charge on any atom is -0.503 e. The van der Waals surface area contributed by atoms with Gasteiger partial charge in [-0.15, -0.1) is 0 Å². The molecule has 2 rings (SSSR count). The van der Waals surface area contributed by atoms with Gasteiger partial charge in [0.25, 0.3) is 5.91 Å². The Morgan fingerprint density at radius 2 is 1.80 bits per heavy atom. The summed E-state index contributed by atoms with van der Waals surface area (Å²) in [5.41, 5.74) is -0.664. The third-order valence-electron chi connectivity index (χ3n) is 3.21. The molecule has 110 valence electrons. The first-order valence-electron chi connectivity index (χ1n) is 6.23. The lowest BCUT2D eigenvalue weighted by molar-refractivity contribution is 0.0667. The molecule has 0 radical (unpaired) electrons. The Morgan fingerprint density at radius 1 is 1.25 bits per heavy atom. The molecule has 1 heterocycles. The number of hydrogen-bond acceptors (Lipinski definition) is 3. The van der Waals surface area contributed by atoms with E-state index in [-0.39, 0.29) is 12.1 Å².